The second kappa shape index (κ2) is 4.08. The topological polar surface area (TPSA) is 51.8 Å². The van der Waals surface area contributed by atoms with Gasteiger partial charge in [0.1, 0.15) is 5.01 Å². The SMILES string of the molecule is Cc1csc(C(N)c2cnccc2C)n1. The van der Waals surface area contributed by atoms with Gasteiger partial charge >= 0.3 is 0 Å². The van der Waals surface area contributed by atoms with E-state index in [0.717, 1.165) is 21.8 Å². The molecule has 0 radical (unpaired) electrons. The van der Waals surface area contributed by atoms with Gasteiger partial charge in [0, 0.05) is 23.5 Å². The summed E-state index contributed by atoms with van der Waals surface area (Å²) in [6.45, 7) is 4.01. The zero-order valence-corrected chi connectivity index (χ0v) is 9.58. The predicted molar refractivity (Wildman–Crippen MR) is 61.9 cm³/mol. The molecule has 3 nitrogen and oxygen atoms in total. The quantitative estimate of drug-likeness (QED) is 0.842. The summed E-state index contributed by atoms with van der Waals surface area (Å²) in [5.74, 6) is 0. The largest absolute Gasteiger partial charge is 0.318 e. The molecule has 2 aromatic heterocycles. The number of aromatic nitrogens is 2. The van der Waals surface area contributed by atoms with E-state index in [-0.39, 0.29) is 6.04 Å². The number of thiazole rings is 1. The Morgan fingerprint density at radius 2 is 2.20 bits per heavy atom. The Morgan fingerprint density at radius 3 is 2.80 bits per heavy atom. The average molecular weight is 219 g/mol. The van der Waals surface area contributed by atoms with Gasteiger partial charge < -0.3 is 5.73 Å². The molecule has 0 saturated carbocycles. The third kappa shape index (κ3) is 2.06. The van der Waals surface area contributed by atoms with Gasteiger partial charge in [-0.1, -0.05) is 0 Å². The second-order valence-electron chi connectivity index (χ2n) is 3.54. The first kappa shape index (κ1) is 10.3. The molecule has 0 spiro atoms. The average Bonchev–Trinajstić information content (AvgIpc) is 2.65. The van der Waals surface area contributed by atoms with E-state index in [1.807, 2.05) is 31.5 Å². The summed E-state index contributed by atoms with van der Waals surface area (Å²) >= 11 is 1.60. The zero-order chi connectivity index (χ0) is 10.8. The van der Waals surface area contributed by atoms with Crippen LogP contribution in [0.5, 0.6) is 0 Å². The van der Waals surface area contributed by atoms with Crippen molar-refractivity contribution < 1.29 is 0 Å². The van der Waals surface area contributed by atoms with E-state index in [1.54, 1.807) is 17.5 Å². The van der Waals surface area contributed by atoms with Crippen LogP contribution in [-0.2, 0) is 0 Å². The molecule has 0 aliphatic rings. The molecule has 0 saturated heterocycles. The van der Waals surface area contributed by atoms with Gasteiger partial charge in [0.2, 0.25) is 0 Å². The van der Waals surface area contributed by atoms with E-state index in [2.05, 4.69) is 9.97 Å². The molecule has 0 fully saturated rings. The van der Waals surface area contributed by atoms with Crippen LogP contribution in [0.2, 0.25) is 0 Å². The second-order valence-corrected chi connectivity index (χ2v) is 4.43. The minimum absolute atomic E-state index is 0.155. The van der Waals surface area contributed by atoms with E-state index >= 15 is 0 Å². The van der Waals surface area contributed by atoms with Crippen LogP contribution in [0, 0.1) is 13.8 Å². The van der Waals surface area contributed by atoms with Crippen molar-refractivity contribution >= 4 is 11.3 Å². The van der Waals surface area contributed by atoms with Crippen molar-refractivity contribution in [2.75, 3.05) is 0 Å². The van der Waals surface area contributed by atoms with Gasteiger partial charge in [-0.25, -0.2) is 4.98 Å². The molecule has 4 heteroatoms. The molecule has 0 aromatic carbocycles. The van der Waals surface area contributed by atoms with Gasteiger partial charge in [-0.3, -0.25) is 4.98 Å². The van der Waals surface area contributed by atoms with Gasteiger partial charge in [0.15, 0.2) is 0 Å². The Kier molecular flexibility index (Phi) is 2.79. The lowest BCUT2D eigenvalue weighted by Crippen LogP contribution is -2.13. The van der Waals surface area contributed by atoms with Crippen LogP contribution in [-0.4, -0.2) is 9.97 Å². The molecule has 1 atom stereocenters. The van der Waals surface area contributed by atoms with Crippen LogP contribution in [0.25, 0.3) is 0 Å². The lowest BCUT2D eigenvalue weighted by atomic mass is 10.1. The van der Waals surface area contributed by atoms with Crippen molar-refractivity contribution in [2.45, 2.75) is 19.9 Å². The predicted octanol–water partition coefficient (Wildman–Crippen LogP) is 2.20. The number of hydrogen-bond donors (Lipinski definition) is 1. The Bertz CT molecular complexity index is 464. The van der Waals surface area contributed by atoms with E-state index in [4.69, 9.17) is 5.73 Å². The van der Waals surface area contributed by atoms with Crippen LogP contribution in [0.3, 0.4) is 0 Å². The normalized spacial score (nSPS) is 12.7. The Morgan fingerprint density at radius 1 is 1.40 bits per heavy atom. The maximum absolute atomic E-state index is 6.14. The summed E-state index contributed by atoms with van der Waals surface area (Å²) < 4.78 is 0. The minimum Gasteiger partial charge on any atom is -0.318 e. The van der Waals surface area contributed by atoms with Crippen LogP contribution in [0.15, 0.2) is 23.8 Å². The van der Waals surface area contributed by atoms with Crippen molar-refractivity contribution in [1.29, 1.82) is 0 Å². The molecule has 78 valence electrons. The molecule has 15 heavy (non-hydrogen) atoms. The lowest BCUT2D eigenvalue weighted by molar-refractivity contribution is 0.836. The molecule has 0 aliphatic carbocycles. The van der Waals surface area contributed by atoms with Crippen molar-refractivity contribution in [2.24, 2.45) is 5.73 Å². The zero-order valence-electron chi connectivity index (χ0n) is 8.77. The molecular formula is C11H13N3S. The van der Waals surface area contributed by atoms with Crippen molar-refractivity contribution in [1.82, 2.24) is 9.97 Å². The van der Waals surface area contributed by atoms with E-state index in [1.165, 1.54) is 0 Å². The molecule has 2 rings (SSSR count). The van der Waals surface area contributed by atoms with Gasteiger partial charge in [-0.15, -0.1) is 11.3 Å². The first-order valence-electron chi connectivity index (χ1n) is 4.76. The fourth-order valence-corrected chi connectivity index (χ4v) is 2.26. The molecule has 2 N–H and O–H groups in total. The maximum Gasteiger partial charge on any atom is 0.114 e. The molecule has 0 bridgehead atoms. The third-order valence-corrected chi connectivity index (χ3v) is 3.36. The van der Waals surface area contributed by atoms with E-state index in [9.17, 15) is 0 Å². The molecule has 0 aliphatic heterocycles. The van der Waals surface area contributed by atoms with Crippen LogP contribution in [0.4, 0.5) is 0 Å². The maximum atomic E-state index is 6.14. The number of hydrogen-bond acceptors (Lipinski definition) is 4. The van der Waals surface area contributed by atoms with Gasteiger partial charge in [0.25, 0.3) is 0 Å². The minimum atomic E-state index is -0.155. The Labute approximate surface area is 93.0 Å². The Balaban J connectivity index is 2.36. The summed E-state index contributed by atoms with van der Waals surface area (Å²) in [6.07, 6.45) is 3.59. The molecule has 2 aromatic rings. The summed E-state index contributed by atoms with van der Waals surface area (Å²) in [5, 5.41) is 2.96. The summed E-state index contributed by atoms with van der Waals surface area (Å²) in [5.41, 5.74) is 9.36. The number of rotatable bonds is 2. The molecule has 2 heterocycles. The van der Waals surface area contributed by atoms with Crippen LogP contribution >= 0.6 is 11.3 Å². The van der Waals surface area contributed by atoms with Crippen molar-refractivity contribution in [3.8, 4) is 0 Å². The highest BCUT2D eigenvalue weighted by molar-refractivity contribution is 7.09. The van der Waals surface area contributed by atoms with Crippen molar-refractivity contribution in [3.05, 3.63) is 45.7 Å². The number of pyridine rings is 1. The highest BCUT2D eigenvalue weighted by atomic mass is 32.1. The first-order valence-corrected chi connectivity index (χ1v) is 5.64. The molecule has 0 amide bonds. The van der Waals surface area contributed by atoms with E-state index in [0.29, 0.717) is 0 Å². The standard InChI is InChI=1S/C11H13N3S/c1-7-3-4-13-5-9(7)10(12)11-14-8(2)6-15-11/h3-6,10H,12H2,1-2H3. The highest BCUT2D eigenvalue weighted by Crippen LogP contribution is 2.24. The van der Waals surface area contributed by atoms with E-state index < -0.39 is 0 Å². The molecular weight excluding hydrogens is 206 g/mol. The number of nitrogens with two attached hydrogens (primary N) is 1. The van der Waals surface area contributed by atoms with Crippen molar-refractivity contribution in [3.63, 3.8) is 0 Å². The monoisotopic (exact) mass is 219 g/mol. The van der Waals surface area contributed by atoms with Gasteiger partial charge in [-0.05, 0) is 31.0 Å². The Hall–Kier alpha value is -1.26. The number of aryl methyl sites for hydroxylation is 2. The number of nitrogens with zero attached hydrogens (tertiary/aromatic N) is 2. The molecule has 1 unspecified atom stereocenters. The fourth-order valence-electron chi connectivity index (χ4n) is 1.45. The lowest BCUT2D eigenvalue weighted by Gasteiger charge is -2.10. The third-order valence-electron chi connectivity index (χ3n) is 2.32. The van der Waals surface area contributed by atoms with Crippen LogP contribution in [0.1, 0.15) is 27.9 Å². The van der Waals surface area contributed by atoms with Gasteiger partial charge in [0.05, 0.1) is 6.04 Å². The highest BCUT2D eigenvalue weighted by Gasteiger charge is 2.14. The summed E-state index contributed by atoms with van der Waals surface area (Å²) in [6, 6.07) is 1.81. The van der Waals surface area contributed by atoms with Gasteiger partial charge in [-0.2, -0.15) is 0 Å². The summed E-state index contributed by atoms with van der Waals surface area (Å²) in [4.78, 5) is 8.49. The summed E-state index contributed by atoms with van der Waals surface area (Å²) in [7, 11) is 0. The smallest absolute Gasteiger partial charge is 0.114 e. The first-order chi connectivity index (χ1) is 7.18. The van der Waals surface area contributed by atoms with Crippen LogP contribution < -0.4 is 5.73 Å². The fraction of sp³-hybridized carbons (Fsp3) is 0.273.